The van der Waals surface area contributed by atoms with E-state index in [4.69, 9.17) is 66.3 Å². The second kappa shape index (κ2) is 19.4. The Morgan fingerprint density at radius 3 is 1.91 bits per heavy atom. The standard InChI is InChI=1S/C47H68O18/c1-22-42(61-27(6)50)33(52-9)18-38(57-22)65-44-24(3)58-39(19-35(44)60-26(5)49)64-43-23(2)56-37(17-34(43)53-10)62-30-13-14-46(7)29(15-30)16-32(59-25(4)48)40-31(46)12-11-28-20-54-47(8)41(28)36(21-55-47)63-45(40)51/h16,20,22-24,30-44H,11-15,17-19,21H2,1-10H3/t22-,23-,24-,30+,31+,32+,33-,34-,35+,36-,37+,38-,39+,40+,41-,42-,43-,44-,46+,47+/m1/s1. The summed E-state index contributed by atoms with van der Waals surface area (Å²) in [6.07, 6.45) is -0.717. The second-order valence-electron chi connectivity index (χ2n) is 19.4. The van der Waals surface area contributed by atoms with Gasteiger partial charge in [-0.15, -0.1) is 0 Å². The van der Waals surface area contributed by atoms with Gasteiger partial charge in [0.05, 0.1) is 49.3 Å². The molecule has 1 saturated carbocycles. The molecule has 65 heavy (non-hydrogen) atoms. The molecule has 0 amide bonds. The number of fused-ring (bicyclic) bond motifs is 3. The maximum absolute atomic E-state index is 14.2. The Hall–Kier alpha value is -3.20. The van der Waals surface area contributed by atoms with Gasteiger partial charge in [0, 0.05) is 61.2 Å². The molecule has 6 aliphatic heterocycles. The van der Waals surface area contributed by atoms with Gasteiger partial charge < -0.3 is 66.3 Å². The van der Waals surface area contributed by atoms with Crippen LogP contribution < -0.4 is 0 Å². The third kappa shape index (κ3) is 9.89. The summed E-state index contributed by atoms with van der Waals surface area (Å²) in [4.78, 5) is 50.8. The predicted molar refractivity (Wildman–Crippen MR) is 223 cm³/mol. The Morgan fingerprint density at radius 2 is 1.29 bits per heavy atom. The zero-order valence-electron chi connectivity index (χ0n) is 39.3. The van der Waals surface area contributed by atoms with Crippen LogP contribution >= 0.6 is 0 Å². The average molecular weight is 921 g/mol. The summed E-state index contributed by atoms with van der Waals surface area (Å²) in [7, 11) is 3.16. The summed E-state index contributed by atoms with van der Waals surface area (Å²) in [6.45, 7) is 13.9. The number of rotatable bonds is 11. The van der Waals surface area contributed by atoms with E-state index >= 15 is 0 Å². The molecular weight excluding hydrogens is 852 g/mol. The Labute approximate surface area is 380 Å². The lowest BCUT2D eigenvalue weighted by Gasteiger charge is -2.52. The van der Waals surface area contributed by atoms with Crippen molar-refractivity contribution in [2.75, 3.05) is 20.8 Å². The van der Waals surface area contributed by atoms with Crippen molar-refractivity contribution in [2.24, 2.45) is 23.2 Å². The van der Waals surface area contributed by atoms with Crippen LogP contribution in [0.4, 0.5) is 0 Å². The van der Waals surface area contributed by atoms with E-state index < -0.39 is 116 Å². The zero-order chi connectivity index (χ0) is 46.5. The Balaban J connectivity index is 0.904. The van der Waals surface area contributed by atoms with Crippen molar-refractivity contribution in [3.63, 3.8) is 0 Å². The summed E-state index contributed by atoms with van der Waals surface area (Å²) in [5, 5.41) is 0. The molecule has 0 aromatic heterocycles. The van der Waals surface area contributed by atoms with Gasteiger partial charge in [-0.25, -0.2) is 0 Å². The lowest BCUT2D eigenvalue weighted by Crippen LogP contribution is -2.57. The fraction of sp³-hybridized carbons (Fsp3) is 0.830. The molecule has 18 nitrogen and oxygen atoms in total. The molecule has 364 valence electrons. The van der Waals surface area contributed by atoms with Crippen LogP contribution in [0.5, 0.6) is 0 Å². The van der Waals surface area contributed by atoms with E-state index in [1.807, 2.05) is 26.8 Å². The molecule has 6 fully saturated rings. The molecule has 0 spiro atoms. The van der Waals surface area contributed by atoms with Crippen LogP contribution in [-0.4, -0.2) is 143 Å². The number of ether oxygens (including phenoxy) is 14. The SMILES string of the molecule is CO[C@@H]1C[C@@H](O[C@H]2[C@@H](OC(C)=O)C[C@H](O[C@@H]3[C@@H](C)O[C@@H](O[C@H]4CC[C@@]5(C)C(=C[C@H](OC(C)=O)[C@H]6C(=O)O[C@@H]7CO[C@]8(C)OC=C(CC[C@@H]65)[C@H]78)C4)C[C@H]3OC)O[C@@H]2C)O[C@H](C)[C@H]1OC(C)=O. The number of hydrogen-bond donors (Lipinski definition) is 0. The quantitative estimate of drug-likeness (QED) is 0.157. The molecular formula is C47H68O18. The summed E-state index contributed by atoms with van der Waals surface area (Å²) in [5.74, 6) is -3.64. The van der Waals surface area contributed by atoms with Crippen molar-refractivity contribution >= 4 is 23.9 Å². The highest BCUT2D eigenvalue weighted by atomic mass is 16.8. The summed E-state index contributed by atoms with van der Waals surface area (Å²) in [6, 6.07) is 0. The van der Waals surface area contributed by atoms with E-state index in [1.165, 1.54) is 20.8 Å². The molecule has 18 heteroatoms. The minimum Gasteiger partial charge on any atom is -0.469 e. The maximum Gasteiger partial charge on any atom is 0.313 e. The molecule has 0 aromatic rings. The largest absolute Gasteiger partial charge is 0.469 e. The highest BCUT2D eigenvalue weighted by molar-refractivity contribution is 5.76. The van der Waals surface area contributed by atoms with Gasteiger partial charge in [0.15, 0.2) is 25.0 Å². The molecule has 5 saturated heterocycles. The van der Waals surface area contributed by atoms with Crippen molar-refractivity contribution in [1.29, 1.82) is 0 Å². The highest BCUT2D eigenvalue weighted by Gasteiger charge is 2.60. The number of methoxy groups -OCH3 is 2. The fourth-order valence-electron chi connectivity index (χ4n) is 12.0. The minimum absolute atomic E-state index is 0.157. The van der Waals surface area contributed by atoms with Crippen LogP contribution in [0.15, 0.2) is 23.5 Å². The van der Waals surface area contributed by atoms with Crippen LogP contribution in [0.25, 0.3) is 0 Å². The summed E-state index contributed by atoms with van der Waals surface area (Å²) >= 11 is 0. The van der Waals surface area contributed by atoms with Crippen molar-refractivity contribution in [2.45, 2.75) is 205 Å². The third-order valence-electron chi connectivity index (χ3n) is 15.1. The number of hydrogen-bond acceptors (Lipinski definition) is 18. The lowest BCUT2D eigenvalue weighted by atomic mass is 9.55. The van der Waals surface area contributed by atoms with Crippen molar-refractivity contribution < 1.29 is 85.5 Å². The van der Waals surface area contributed by atoms with E-state index in [2.05, 4.69) is 6.92 Å². The molecule has 0 N–H and O–H groups in total. The Bertz CT molecular complexity index is 1840. The van der Waals surface area contributed by atoms with Gasteiger partial charge in [-0.3, -0.25) is 19.2 Å². The first-order valence-corrected chi connectivity index (χ1v) is 23.3. The minimum atomic E-state index is -0.864. The normalized spacial score (nSPS) is 46.0. The maximum atomic E-state index is 14.2. The number of carbonyl (C=O) groups is 4. The summed E-state index contributed by atoms with van der Waals surface area (Å²) in [5.41, 5.74) is 1.80. The van der Waals surface area contributed by atoms with Gasteiger partial charge in [-0.2, -0.15) is 0 Å². The molecule has 2 aliphatic carbocycles. The molecule has 0 radical (unpaired) electrons. The molecule has 20 atom stereocenters. The first kappa shape index (κ1) is 48.3. The van der Waals surface area contributed by atoms with Crippen LogP contribution in [0.3, 0.4) is 0 Å². The highest BCUT2D eigenvalue weighted by Crippen LogP contribution is 2.58. The van der Waals surface area contributed by atoms with Crippen molar-refractivity contribution in [1.82, 2.24) is 0 Å². The van der Waals surface area contributed by atoms with E-state index in [0.717, 1.165) is 24.0 Å². The van der Waals surface area contributed by atoms with Gasteiger partial charge in [0.25, 0.3) is 0 Å². The average Bonchev–Trinajstić information content (AvgIpc) is 3.75. The van der Waals surface area contributed by atoms with Gasteiger partial charge in [0.2, 0.25) is 5.79 Å². The fourth-order valence-corrected chi connectivity index (χ4v) is 12.0. The molecule has 0 aromatic carbocycles. The second-order valence-corrected chi connectivity index (χ2v) is 19.4. The van der Waals surface area contributed by atoms with E-state index in [-0.39, 0.29) is 48.8 Å². The smallest absolute Gasteiger partial charge is 0.313 e. The Morgan fingerprint density at radius 1 is 0.723 bits per heavy atom. The van der Waals surface area contributed by atoms with Gasteiger partial charge >= 0.3 is 23.9 Å². The third-order valence-corrected chi connectivity index (χ3v) is 15.1. The van der Waals surface area contributed by atoms with Crippen LogP contribution in [0, 0.1) is 23.2 Å². The van der Waals surface area contributed by atoms with Crippen LogP contribution in [-0.2, 0) is 85.5 Å². The molecule has 0 unspecified atom stereocenters. The topological polar surface area (TPSA) is 197 Å². The van der Waals surface area contributed by atoms with Gasteiger partial charge in [-0.1, -0.05) is 12.5 Å². The van der Waals surface area contributed by atoms with E-state index in [1.54, 1.807) is 27.4 Å². The van der Waals surface area contributed by atoms with Crippen molar-refractivity contribution in [3.8, 4) is 0 Å². The van der Waals surface area contributed by atoms with Gasteiger partial charge in [0.1, 0.15) is 42.5 Å². The number of carbonyl (C=O) groups excluding carboxylic acids is 4. The molecule has 8 rings (SSSR count). The van der Waals surface area contributed by atoms with Gasteiger partial charge in [-0.05, 0) is 75.9 Å². The number of esters is 4. The molecule has 0 bridgehead atoms. The summed E-state index contributed by atoms with van der Waals surface area (Å²) < 4.78 is 85.7. The lowest BCUT2D eigenvalue weighted by molar-refractivity contribution is -0.337. The monoisotopic (exact) mass is 920 g/mol. The van der Waals surface area contributed by atoms with Crippen LogP contribution in [0.2, 0.25) is 0 Å². The van der Waals surface area contributed by atoms with E-state index in [9.17, 15) is 19.2 Å². The predicted octanol–water partition coefficient (Wildman–Crippen LogP) is 4.72. The first-order valence-electron chi connectivity index (χ1n) is 23.3. The van der Waals surface area contributed by atoms with Crippen LogP contribution in [0.1, 0.15) is 107 Å². The molecule has 8 aliphatic rings. The first-order chi connectivity index (χ1) is 30.9. The zero-order valence-corrected chi connectivity index (χ0v) is 39.3. The Kier molecular flexibility index (Phi) is 14.4. The molecule has 6 heterocycles. The van der Waals surface area contributed by atoms with E-state index in [0.29, 0.717) is 25.7 Å². The van der Waals surface area contributed by atoms with Crippen molar-refractivity contribution in [3.05, 3.63) is 23.5 Å².